The van der Waals surface area contributed by atoms with Crippen LogP contribution in [-0.4, -0.2) is 11.4 Å². The van der Waals surface area contributed by atoms with Crippen molar-refractivity contribution in [1.82, 2.24) is 5.32 Å². The summed E-state index contributed by atoms with van der Waals surface area (Å²) in [6, 6.07) is 7.91. The summed E-state index contributed by atoms with van der Waals surface area (Å²) >= 11 is 0. The second-order valence-electron chi connectivity index (χ2n) is 5.16. The fourth-order valence-corrected chi connectivity index (χ4v) is 2.19. The molecule has 0 unspecified atom stereocenters. The van der Waals surface area contributed by atoms with E-state index in [1.54, 1.807) is 0 Å². The molecule has 0 heterocycles. The zero-order valence-corrected chi connectivity index (χ0v) is 10.3. The number of rotatable bonds is 4. The molecule has 1 aliphatic carbocycles. The molecule has 0 aliphatic heterocycles. The Morgan fingerprint density at radius 1 is 1.29 bits per heavy atom. The zero-order chi connectivity index (χ0) is 12.3. The minimum absolute atomic E-state index is 0.0499. The van der Waals surface area contributed by atoms with Gasteiger partial charge in [0, 0.05) is 12.1 Å². The van der Waals surface area contributed by atoms with Gasteiger partial charge < -0.3 is 11.1 Å². The van der Waals surface area contributed by atoms with E-state index in [1.807, 2.05) is 24.3 Å². The third-order valence-corrected chi connectivity index (χ3v) is 3.52. The standard InChI is InChI=1S/C14H20N2O/c1-14(7-2-8-14)16-13(17)9-11-3-5-12(10-15)6-4-11/h3-6H,2,7-10,15H2,1H3,(H,16,17). The van der Waals surface area contributed by atoms with Crippen LogP contribution in [0.2, 0.25) is 0 Å². The first-order chi connectivity index (χ1) is 8.11. The van der Waals surface area contributed by atoms with Crippen LogP contribution in [0.3, 0.4) is 0 Å². The van der Waals surface area contributed by atoms with Crippen LogP contribution in [0.1, 0.15) is 37.3 Å². The Labute approximate surface area is 102 Å². The van der Waals surface area contributed by atoms with Gasteiger partial charge in [-0.15, -0.1) is 0 Å². The molecule has 0 bridgehead atoms. The number of carbonyl (C=O) groups is 1. The van der Waals surface area contributed by atoms with Gasteiger partial charge in [-0.05, 0) is 37.3 Å². The van der Waals surface area contributed by atoms with Gasteiger partial charge in [0.15, 0.2) is 0 Å². The van der Waals surface area contributed by atoms with Gasteiger partial charge in [0.05, 0.1) is 6.42 Å². The third-order valence-electron chi connectivity index (χ3n) is 3.52. The van der Waals surface area contributed by atoms with Gasteiger partial charge in [-0.3, -0.25) is 4.79 Å². The molecule has 3 nitrogen and oxygen atoms in total. The molecule has 1 aromatic carbocycles. The van der Waals surface area contributed by atoms with Crippen LogP contribution in [-0.2, 0) is 17.8 Å². The molecule has 17 heavy (non-hydrogen) atoms. The van der Waals surface area contributed by atoms with Crippen molar-refractivity contribution in [1.29, 1.82) is 0 Å². The summed E-state index contributed by atoms with van der Waals surface area (Å²) in [4.78, 5) is 11.8. The van der Waals surface area contributed by atoms with E-state index in [2.05, 4.69) is 12.2 Å². The SMILES string of the molecule is CC1(NC(=O)Cc2ccc(CN)cc2)CCC1. The second kappa shape index (κ2) is 4.88. The van der Waals surface area contributed by atoms with Crippen LogP contribution in [0.5, 0.6) is 0 Å². The van der Waals surface area contributed by atoms with Crippen molar-refractivity contribution in [3.63, 3.8) is 0 Å². The highest BCUT2D eigenvalue weighted by molar-refractivity contribution is 5.79. The maximum Gasteiger partial charge on any atom is 0.224 e. The van der Waals surface area contributed by atoms with Crippen LogP contribution in [0, 0.1) is 0 Å². The molecule has 0 aromatic heterocycles. The number of benzene rings is 1. The molecule has 92 valence electrons. The van der Waals surface area contributed by atoms with Gasteiger partial charge in [-0.25, -0.2) is 0 Å². The molecule has 0 atom stereocenters. The lowest BCUT2D eigenvalue weighted by atomic mass is 9.78. The summed E-state index contributed by atoms with van der Waals surface area (Å²) in [5.41, 5.74) is 7.72. The summed E-state index contributed by atoms with van der Waals surface area (Å²) in [7, 11) is 0. The molecule has 0 spiro atoms. The molecule has 0 radical (unpaired) electrons. The Morgan fingerprint density at radius 3 is 2.35 bits per heavy atom. The van der Waals surface area contributed by atoms with Gasteiger partial charge in [0.2, 0.25) is 5.91 Å². The van der Waals surface area contributed by atoms with E-state index in [0.29, 0.717) is 13.0 Å². The van der Waals surface area contributed by atoms with E-state index in [4.69, 9.17) is 5.73 Å². The van der Waals surface area contributed by atoms with Crippen molar-refractivity contribution in [2.24, 2.45) is 5.73 Å². The number of amides is 1. The molecule has 1 amide bonds. The average molecular weight is 232 g/mol. The Morgan fingerprint density at radius 2 is 1.88 bits per heavy atom. The maximum absolute atomic E-state index is 11.8. The van der Waals surface area contributed by atoms with E-state index in [1.165, 1.54) is 6.42 Å². The van der Waals surface area contributed by atoms with E-state index in [-0.39, 0.29) is 11.4 Å². The highest BCUT2D eigenvalue weighted by Gasteiger charge is 2.32. The number of nitrogens with two attached hydrogens (primary N) is 1. The quantitative estimate of drug-likeness (QED) is 0.831. The fraction of sp³-hybridized carbons (Fsp3) is 0.500. The lowest BCUT2D eigenvalue weighted by Crippen LogP contribution is -2.51. The number of hydrogen-bond donors (Lipinski definition) is 2. The molecule has 1 saturated carbocycles. The number of hydrogen-bond acceptors (Lipinski definition) is 2. The van der Waals surface area contributed by atoms with Crippen LogP contribution < -0.4 is 11.1 Å². The molecule has 2 rings (SSSR count). The van der Waals surface area contributed by atoms with E-state index >= 15 is 0 Å². The van der Waals surface area contributed by atoms with Crippen molar-refractivity contribution in [2.75, 3.05) is 0 Å². The van der Waals surface area contributed by atoms with Crippen molar-refractivity contribution >= 4 is 5.91 Å². The zero-order valence-electron chi connectivity index (χ0n) is 10.3. The second-order valence-corrected chi connectivity index (χ2v) is 5.16. The topological polar surface area (TPSA) is 55.1 Å². The van der Waals surface area contributed by atoms with Crippen molar-refractivity contribution in [3.05, 3.63) is 35.4 Å². The van der Waals surface area contributed by atoms with Gasteiger partial charge in [0.25, 0.3) is 0 Å². The largest absolute Gasteiger partial charge is 0.351 e. The normalized spacial score (nSPS) is 17.3. The lowest BCUT2D eigenvalue weighted by Gasteiger charge is -2.39. The molecule has 3 heteroatoms. The van der Waals surface area contributed by atoms with Gasteiger partial charge in [-0.2, -0.15) is 0 Å². The summed E-state index contributed by atoms with van der Waals surface area (Å²) < 4.78 is 0. The Balaban J connectivity index is 1.89. The first kappa shape index (κ1) is 12.1. The minimum Gasteiger partial charge on any atom is -0.351 e. The number of nitrogens with one attached hydrogen (secondary N) is 1. The third kappa shape index (κ3) is 3.07. The van der Waals surface area contributed by atoms with Crippen LogP contribution in [0.25, 0.3) is 0 Å². The van der Waals surface area contributed by atoms with Crippen molar-refractivity contribution in [3.8, 4) is 0 Å². The van der Waals surface area contributed by atoms with E-state index in [0.717, 1.165) is 24.0 Å². The van der Waals surface area contributed by atoms with Crippen LogP contribution in [0.4, 0.5) is 0 Å². The Kier molecular flexibility index (Phi) is 3.48. The minimum atomic E-state index is 0.0499. The molecule has 1 aliphatic rings. The van der Waals surface area contributed by atoms with Gasteiger partial charge in [0.1, 0.15) is 0 Å². The lowest BCUT2D eigenvalue weighted by molar-refractivity contribution is -0.123. The predicted molar refractivity (Wildman–Crippen MR) is 68.4 cm³/mol. The number of carbonyl (C=O) groups excluding carboxylic acids is 1. The summed E-state index contributed by atoms with van der Waals surface area (Å²) in [6.45, 7) is 2.66. The highest BCUT2D eigenvalue weighted by atomic mass is 16.1. The van der Waals surface area contributed by atoms with Crippen LogP contribution >= 0.6 is 0 Å². The molecular weight excluding hydrogens is 212 g/mol. The molecule has 1 aromatic rings. The first-order valence-electron chi connectivity index (χ1n) is 6.20. The van der Waals surface area contributed by atoms with Crippen molar-refractivity contribution in [2.45, 2.75) is 44.7 Å². The predicted octanol–water partition coefficient (Wildman–Crippen LogP) is 1.75. The average Bonchev–Trinajstić information content (AvgIpc) is 2.28. The summed E-state index contributed by atoms with van der Waals surface area (Å²) in [6.07, 6.45) is 3.89. The van der Waals surface area contributed by atoms with Gasteiger partial charge >= 0.3 is 0 Å². The van der Waals surface area contributed by atoms with Gasteiger partial charge in [-0.1, -0.05) is 24.3 Å². The van der Waals surface area contributed by atoms with Crippen molar-refractivity contribution < 1.29 is 4.79 Å². The summed E-state index contributed by atoms with van der Waals surface area (Å²) in [5.74, 6) is 0.118. The Hall–Kier alpha value is -1.35. The van der Waals surface area contributed by atoms with Crippen LogP contribution in [0.15, 0.2) is 24.3 Å². The molecular formula is C14H20N2O. The fourth-order valence-electron chi connectivity index (χ4n) is 2.19. The van der Waals surface area contributed by atoms with E-state index < -0.39 is 0 Å². The Bertz CT molecular complexity index is 393. The molecule has 1 fully saturated rings. The highest BCUT2D eigenvalue weighted by Crippen LogP contribution is 2.30. The first-order valence-corrected chi connectivity index (χ1v) is 6.20. The van der Waals surface area contributed by atoms with E-state index in [9.17, 15) is 4.79 Å². The molecule has 3 N–H and O–H groups in total. The summed E-state index contributed by atoms with van der Waals surface area (Å²) in [5, 5.41) is 3.11. The molecule has 0 saturated heterocycles. The maximum atomic E-state index is 11.8. The monoisotopic (exact) mass is 232 g/mol. The smallest absolute Gasteiger partial charge is 0.224 e.